The summed E-state index contributed by atoms with van der Waals surface area (Å²) in [4.78, 5) is 13.6. The SMILES string of the molecule is CCOC(=O)N1CC[C@H](NC)[C@H](OCc2ccccc2)C1. The van der Waals surface area contributed by atoms with E-state index in [1.807, 2.05) is 44.3 Å². The first-order valence-electron chi connectivity index (χ1n) is 7.49. The van der Waals surface area contributed by atoms with Crippen molar-refractivity contribution in [2.24, 2.45) is 0 Å². The van der Waals surface area contributed by atoms with E-state index in [9.17, 15) is 4.79 Å². The van der Waals surface area contributed by atoms with Crippen LogP contribution in [0.25, 0.3) is 0 Å². The third-order valence-corrected chi connectivity index (χ3v) is 3.76. The lowest BCUT2D eigenvalue weighted by molar-refractivity contribution is -0.0280. The Morgan fingerprint density at radius 2 is 2.14 bits per heavy atom. The van der Waals surface area contributed by atoms with E-state index in [4.69, 9.17) is 9.47 Å². The van der Waals surface area contributed by atoms with Gasteiger partial charge in [-0.3, -0.25) is 0 Å². The standard InChI is InChI=1S/C16H24N2O3/c1-3-20-16(19)18-10-9-14(17-2)15(11-18)21-12-13-7-5-4-6-8-13/h4-8,14-15,17H,3,9-12H2,1-2H3/t14-,15+/m0/s1. The number of hydrogen-bond acceptors (Lipinski definition) is 4. The minimum atomic E-state index is -0.250. The fourth-order valence-electron chi connectivity index (χ4n) is 2.57. The van der Waals surface area contributed by atoms with Gasteiger partial charge in [0.15, 0.2) is 0 Å². The number of benzene rings is 1. The zero-order valence-corrected chi connectivity index (χ0v) is 12.7. The second-order valence-electron chi connectivity index (χ2n) is 5.16. The Bertz CT molecular complexity index is 438. The summed E-state index contributed by atoms with van der Waals surface area (Å²) in [5, 5.41) is 3.28. The van der Waals surface area contributed by atoms with Gasteiger partial charge in [-0.15, -0.1) is 0 Å². The second kappa shape index (κ2) is 8.00. The Hall–Kier alpha value is -1.59. The van der Waals surface area contributed by atoms with Gasteiger partial charge in [0.05, 0.1) is 25.9 Å². The van der Waals surface area contributed by atoms with Gasteiger partial charge in [0.1, 0.15) is 0 Å². The molecule has 1 aromatic rings. The van der Waals surface area contributed by atoms with Crippen LogP contribution in [0, 0.1) is 0 Å². The Labute approximate surface area is 126 Å². The second-order valence-corrected chi connectivity index (χ2v) is 5.16. The Morgan fingerprint density at radius 3 is 2.81 bits per heavy atom. The fraction of sp³-hybridized carbons (Fsp3) is 0.562. The van der Waals surface area contributed by atoms with Gasteiger partial charge in [-0.2, -0.15) is 0 Å². The molecule has 0 saturated carbocycles. The molecule has 1 aromatic carbocycles. The number of piperidine rings is 1. The lowest BCUT2D eigenvalue weighted by Crippen LogP contribution is -2.54. The largest absolute Gasteiger partial charge is 0.450 e. The fourth-order valence-corrected chi connectivity index (χ4v) is 2.57. The third kappa shape index (κ3) is 4.44. The summed E-state index contributed by atoms with van der Waals surface area (Å²) in [6.45, 7) is 4.05. The molecular weight excluding hydrogens is 268 g/mol. The van der Waals surface area contributed by atoms with Crippen molar-refractivity contribution in [2.75, 3.05) is 26.7 Å². The number of amides is 1. The van der Waals surface area contributed by atoms with Gasteiger partial charge in [0.2, 0.25) is 0 Å². The van der Waals surface area contributed by atoms with Gasteiger partial charge in [-0.1, -0.05) is 30.3 Å². The highest BCUT2D eigenvalue weighted by atomic mass is 16.6. The molecule has 0 bridgehead atoms. The van der Waals surface area contributed by atoms with E-state index in [0.29, 0.717) is 26.3 Å². The molecule has 2 rings (SSSR count). The number of hydrogen-bond donors (Lipinski definition) is 1. The maximum atomic E-state index is 11.8. The maximum absolute atomic E-state index is 11.8. The van der Waals surface area contributed by atoms with Crippen molar-refractivity contribution in [3.05, 3.63) is 35.9 Å². The molecule has 5 nitrogen and oxygen atoms in total. The van der Waals surface area contributed by atoms with Crippen LogP contribution in [0.1, 0.15) is 18.9 Å². The number of nitrogens with zero attached hydrogens (tertiary/aromatic N) is 1. The van der Waals surface area contributed by atoms with E-state index < -0.39 is 0 Å². The third-order valence-electron chi connectivity index (χ3n) is 3.76. The molecule has 0 unspecified atom stereocenters. The van der Waals surface area contributed by atoms with Crippen molar-refractivity contribution in [3.63, 3.8) is 0 Å². The van der Waals surface area contributed by atoms with Crippen LogP contribution in [-0.2, 0) is 16.1 Å². The molecule has 1 saturated heterocycles. The maximum Gasteiger partial charge on any atom is 0.409 e. The van der Waals surface area contributed by atoms with E-state index in [2.05, 4.69) is 5.32 Å². The molecule has 0 aromatic heterocycles. The number of carbonyl (C=O) groups is 1. The molecule has 21 heavy (non-hydrogen) atoms. The van der Waals surface area contributed by atoms with Crippen LogP contribution in [0.4, 0.5) is 4.79 Å². The average molecular weight is 292 g/mol. The number of carbonyl (C=O) groups excluding carboxylic acids is 1. The van der Waals surface area contributed by atoms with Crippen LogP contribution >= 0.6 is 0 Å². The summed E-state index contributed by atoms with van der Waals surface area (Å²) >= 11 is 0. The van der Waals surface area contributed by atoms with E-state index in [1.54, 1.807) is 4.90 Å². The predicted molar refractivity (Wildman–Crippen MR) is 81.1 cm³/mol. The monoisotopic (exact) mass is 292 g/mol. The van der Waals surface area contributed by atoms with Crippen LogP contribution in [0.3, 0.4) is 0 Å². The van der Waals surface area contributed by atoms with Gasteiger partial charge in [-0.25, -0.2) is 4.79 Å². The molecule has 5 heteroatoms. The highest BCUT2D eigenvalue weighted by Crippen LogP contribution is 2.16. The van der Waals surface area contributed by atoms with Gasteiger partial charge < -0.3 is 19.7 Å². The zero-order valence-electron chi connectivity index (χ0n) is 12.7. The summed E-state index contributed by atoms with van der Waals surface area (Å²) < 4.78 is 11.1. The molecule has 1 aliphatic heterocycles. The van der Waals surface area contributed by atoms with Crippen molar-refractivity contribution in [2.45, 2.75) is 32.1 Å². The van der Waals surface area contributed by atoms with Crippen molar-refractivity contribution in [1.29, 1.82) is 0 Å². The lowest BCUT2D eigenvalue weighted by Gasteiger charge is -2.37. The molecule has 116 valence electrons. The first kappa shape index (κ1) is 15.8. The quantitative estimate of drug-likeness (QED) is 0.902. The van der Waals surface area contributed by atoms with Crippen LogP contribution in [0.5, 0.6) is 0 Å². The number of rotatable bonds is 5. The van der Waals surface area contributed by atoms with E-state index >= 15 is 0 Å². The predicted octanol–water partition coefficient (Wildman–Crippen LogP) is 2.02. The minimum absolute atomic E-state index is 0.0200. The molecular formula is C16H24N2O3. The van der Waals surface area contributed by atoms with Crippen LogP contribution in [0.2, 0.25) is 0 Å². The van der Waals surface area contributed by atoms with Crippen molar-refractivity contribution in [3.8, 4) is 0 Å². The van der Waals surface area contributed by atoms with E-state index in [0.717, 1.165) is 12.0 Å². The molecule has 1 fully saturated rings. The van der Waals surface area contributed by atoms with Crippen molar-refractivity contribution >= 4 is 6.09 Å². The topological polar surface area (TPSA) is 50.8 Å². The van der Waals surface area contributed by atoms with Crippen molar-refractivity contribution < 1.29 is 14.3 Å². The highest BCUT2D eigenvalue weighted by molar-refractivity contribution is 5.67. The van der Waals surface area contributed by atoms with Gasteiger partial charge in [0.25, 0.3) is 0 Å². The Balaban J connectivity index is 1.92. The number of nitrogens with one attached hydrogen (secondary N) is 1. The summed E-state index contributed by atoms with van der Waals surface area (Å²) in [7, 11) is 1.93. The van der Waals surface area contributed by atoms with Crippen LogP contribution in [-0.4, -0.2) is 49.9 Å². The molecule has 0 spiro atoms. The Kier molecular flexibility index (Phi) is 6.02. The summed E-state index contributed by atoms with van der Waals surface area (Å²) in [6, 6.07) is 10.3. The van der Waals surface area contributed by atoms with Crippen molar-refractivity contribution in [1.82, 2.24) is 10.2 Å². The van der Waals surface area contributed by atoms with Gasteiger partial charge in [0, 0.05) is 12.6 Å². The molecule has 1 aliphatic rings. The first-order chi connectivity index (χ1) is 10.2. The number of likely N-dealkylation sites (N-methyl/N-ethyl adjacent to an activating group) is 1. The average Bonchev–Trinajstić information content (AvgIpc) is 2.54. The number of ether oxygens (including phenoxy) is 2. The minimum Gasteiger partial charge on any atom is -0.450 e. The Morgan fingerprint density at radius 1 is 1.38 bits per heavy atom. The molecule has 1 N–H and O–H groups in total. The number of likely N-dealkylation sites (tertiary alicyclic amines) is 1. The van der Waals surface area contributed by atoms with Gasteiger partial charge in [-0.05, 0) is 26.0 Å². The van der Waals surface area contributed by atoms with Gasteiger partial charge >= 0.3 is 6.09 Å². The summed E-state index contributed by atoms with van der Waals surface area (Å²) in [5.41, 5.74) is 1.14. The van der Waals surface area contributed by atoms with Crippen LogP contribution in [0.15, 0.2) is 30.3 Å². The van der Waals surface area contributed by atoms with Crippen LogP contribution < -0.4 is 5.32 Å². The molecule has 1 amide bonds. The molecule has 0 aliphatic carbocycles. The lowest BCUT2D eigenvalue weighted by atomic mass is 10.0. The zero-order chi connectivity index (χ0) is 15.1. The molecule has 2 atom stereocenters. The normalized spacial score (nSPS) is 22.1. The highest BCUT2D eigenvalue weighted by Gasteiger charge is 2.31. The van der Waals surface area contributed by atoms with E-state index in [-0.39, 0.29) is 18.2 Å². The van der Waals surface area contributed by atoms with E-state index in [1.165, 1.54) is 0 Å². The molecule has 1 heterocycles. The first-order valence-corrected chi connectivity index (χ1v) is 7.49. The molecule has 0 radical (unpaired) electrons. The summed E-state index contributed by atoms with van der Waals surface area (Å²) in [6.07, 6.45) is 0.600. The summed E-state index contributed by atoms with van der Waals surface area (Å²) in [5.74, 6) is 0. The smallest absolute Gasteiger partial charge is 0.409 e.